The molecule has 1 aromatic carbocycles. The van der Waals surface area contributed by atoms with E-state index in [0.29, 0.717) is 0 Å². The molecule has 66 valence electrons. The number of hydrogen-bond acceptors (Lipinski definition) is 2. The fourth-order valence-electron chi connectivity index (χ4n) is 1.14. The fourth-order valence-corrected chi connectivity index (χ4v) is 1.14. The van der Waals surface area contributed by atoms with Crippen LogP contribution in [0.3, 0.4) is 0 Å². The Balaban J connectivity index is 2.33. The minimum absolute atomic E-state index is 0.788. The molecule has 2 N–H and O–H groups in total. The molecule has 2 aromatic rings. The minimum atomic E-state index is 0.788. The van der Waals surface area contributed by atoms with Crippen LogP contribution in [0.4, 0.5) is 5.69 Å². The summed E-state index contributed by atoms with van der Waals surface area (Å²) in [5, 5.41) is 1.81. The third kappa shape index (κ3) is 1.60. The quantitative estimate of drug-likeness (QED) is 0.551. The maximum Gasteiger partial charge on any atom is 0.181 e. The molecular weight excluding hydrogens is 164 g/mol. The second-order valence-corrected chi connectivity index (χ2v) is 2.69. The molecule has 0 atom stereocenters. The van der Waals surface area contributed by atoms with Gasteiger partial charge in [0.2, 0.25) is 0 Å². The molecule has 0 aliphatic heterocycles. The Morgan fingerprint density at radius 1 is 1.23 bits per heavy atom. The van der Waals surface area contributed by atoms with Crippen LogP contribution in [0, 0.1) is 7.05 Å². The number of oxazole rings is 1. The second kappa shape index (κ2) is 3.41. The predicted octanol–water partition coefficient (Wildman–Crippen LogP) is 1.33. The molecule has 13 heavy (non-hydrogen) atoms. The first-order chi connectivity index (χ1) is 6.40. The number of benzene rings is 1. The maximum atomic E-state index is 5.16. The summed E-state index contributed by atoms with van der Waals surface area (Å²) in [4.78, 5) is 3.85. The van der Waals surface area contributed by atoms with Crippen LogP contribution in [-0.4, -0.2) is 4.98 Å². The van der Waals surface area contributed by atoms with Gasteiger partial charge >= 0.3 is 0 Å². The van der Waals surface area contributed by atoms with Crippen molar-refractivity contribution in [2.75, 3.05) is 0 Å². The smallest absolute Gasteiger partial charge is 0.181 e. The molecule has 3 nitrogen and oxygen atoms in total. The molecule has 0 aliphatic carbocycles. The zero-order valence-corrected chi connectivity index (χ0v) is 7.10. The van der Waals surface area contributed by atoms with Gasteiger partial charge in [-0.25, -0.2) is 4.98 Å². The van der Waals surface area contributed by atoms with E-state index in [1.54, 1.807) is 6.20 Å². The van der Waals surface area contributed by atoms with Crippen LogP contribution < -0.4 is 5.32 Å². The topological polar surface area (TPSA) is 42.6 Å². The SMILES string of the molecule is [CH2-][NH2+]c1ccc(-c2cnco2)cc1. The number of hydrogen-bond donors (Lipinski definition) is 1. The number of nitrogens with two attached hydrogens (primary N) is 1. The first kappa shape index (κ1) is 8.01. The summed E-state index contributed by atoms with van der Waals surface area (Å²) in [6.07, 6.45) is 3.12. The van der Waals surface area contributed by atoms with Crippen molar-refractivity contribution in [3.8, 4) is 11.3 Å². The molecule has 0 amide bonds. The third-order valence-corrected chi connectivity index (χ3v) is 1.86. The Morgan fingerprint density at radius 3 is 2.54 bits per heavy atom. The molecule has 0 bridgehead atoms. The highest BCUT2D eigenvalue weighted by Crippen LogP contribution is 2.18. The second-order valence-electron chi connectivity index (χ2n) is 2.69. The molecule has 0 aliphatic rings. The Bertz CT molecular complexity index is 364. The van der Waals surface area contributed by atoms with E-state index in [1.165, 1.54) is 6.39 Å². The molecule has 0 unspecified atom stereocenters. The van der Waals surface area contributed by atoms with Crippen LogP contribution in [0.15, 0.2) is 41.3 Å². The van der Waals surface area contributed by atoms with E-state index in [9.17, 15) is 0 Å². The highest BCUT2D eigenvalue weighted by molar-refractivity contribution is 5.57. The van der Waals surface area contributed by atoms with Crippen molar-refractivity contribution in [2.24, 2.45) is 0 Å². The molecule has 0 saturated heterocycles. The summed E-state index contributed by atoms with van der Waals surface area (Å²) >= 11 is 0. The Morgan fingerprint density at radius 2 is 2.00 bits per heavy atom. The van der Waals surface area contributed by atoms with E-state index in [2.05, 4.69) is 12.0 Å². The van der Waals surface area contributed by atoms with Gasteiger partial charge in [0.05, 0.1) is 6.20 Å². The summed E-state index contributed by atoms with van der Waals surface area (Å²) in [5.41, 5.74) is 2.13. The van der Waals surface area contributed by atoms with Gasteiger partial charge in [0.25, 0.3) is 0 Å². The molecular formula is C10H10N2O. The van der Waals surface area contributed by atoms with Crippen LogP contribution in [0.5, 0.6) is 0 Å². The van der Waals surface area contributed by atoms with Crippen molar-refractivity contribution >= 4 is 5.69 Å². The summed E-state index contributed by atoms with van der Waals surface area (Å²) in [7, 11) is 3.69. The van der Waals surface area contributed by atoms with Crippen molar-refractivity contribution in [3.05, 3.63) is 43.9 Å². The summed E-state index contributed by atoms with van der Waals surface area (Å²) in [6.45, 7) is 0. The molecule has 0 saturated carbocycles. The average molecular weight is 174 g/mol. The fraction of sp³-hybridized carbons (Fsp3) is 0. The van der Waals surface area contributed by atoms with Crippen LogP contribution in [-0.2, 0) is 0 Å². The lowest BCUT2D eigenvalue weighted by Gasteiger charge is -1.99. The number of rotatable bonds is 2. The zero-order valence-electron chi connectivity index (χ0n) is 7.10. The first-order valence-electron chi connectivity index (χ1n) is 4.01. The van der Waals surface area contributed by atoms with Crippen LogP contribution in [0.1, 0.15) is 0 Å². The summed E-state index contributed by atoms with van der Waals surface area (Å²) in [6, 6.07) is 7.95. The summed E-state index contributed by atoms with van der Waals surface area (Å²) < 4.78 is 5.16. The van der Waals surface area contributed by atoms with Gasteiger partial charge in [-0.05, 0) is 24.3 Å². The Hall–Kier alpha value is -1.61. The van der Waals surface area contributed by atoms with Crippen molar-refractivity contribution < 1.29 is 9.73 Å². The molecule has 0 radical (unpaired) electrons. The van der Waals surface area contributed by atoms with E-state index in [1.807, 2.05) is 29.6 Å². The van der Waals surface area contributed by atoms with Crippen molar-refractivity contribution in [3.63, 3.8) is 0 Å². The van der Waals surface area contributed by atoms with Crippen molar-refractivity contribution in [1.29, 1.82) is 0 Å². The number of aromatic nitrogens is 1. The highest BCUT2D eigenvalue weighted by atomic mass is 16.3. The molecule has 0 fully saturated rings. The van der Waals surface area contributed by atoms with Gasteiger partial charge in [0, 0.05) is 5.56 Å². The molecule has 1 aromatic heterocycles. The monoisotopic (exact) mass is 174 g/mol. The van der Waals surface area contributed by atoms with Gasteiger partial charge in [0.1, 0.15) is 5.69 Å². The van der Waals surface area contributed by atoms with Gasteiger partial charge < -0.3 is 9.73 Å². The van der Waals surface area contributed by atoms with E-state index in [4.69, 9.17) is 4.42 Å². The van der Waals surface area contributed by atoms with Gasteiger partial charge in [0.15, 0.2) is 12.2 Å². The Kier molecular flexibility index (Phi) is 2.10. The van der Waals surface area contributed by atoms with Gasteiger partial charge in [-0.15, -0.1) is 7.05 Å². The zero-order chi connectivity index (χ0) is 9.10. The normalized spacial score (nSPS) is 10.2. The van der Waals surface area contributed by atoms with Crippen LogP contribution in [0.2, 0.25) is 0 Å². The molecule has 2 rings (SSSR count). The molecule has 0 spiro atoms. The first-order valence-corrected chi connectivity index (χ1v) is 4.01. The molecule has 3 heteroatoms. The number of nitrogens with zero attached hydrogens (tertiary/aromatic N) is 1. The summed E-state index contributed by atoms with van der Waals surface area (Å²) in [5.74, 6) is 0.788. The van der Waals surface area contributed by atoms with E-state index < -0.39 is 0 Å². The van der Waals surface area contributed by atoms with Crippen molar-refractivity contribution in [2.45, 2.75) is 0 Å². The minimum Gasteiger partial charge on any atom is -0.446 e. The van der Waals surface area contributed by atoms with E-state index in [0.717, 1.165) is 17.0 Å². The number of quaternary nitrogens is 1. The lowest BCUT2D eigenvalue weighted by molar-refractivity contribution is -0.504. The van der Waals surface area contributed by atoms with Crippen LogP contribution >= 0.6 is 0 Å². The molecule has 1 heterocycles. The van der Waals surface area contributed by atoms with Crippen LogP contribution in [0.25, 0.3) is 11.3 Å². The van der Waals surface area contributed by atoms with E-state index in [-0.39, 0.29) is 0 Å². The largest absolute Gasteiger partial charge is 0.446 e. The Labute approximate surface area is 76.4 Å². The lowest BCUT2D eigenvalue weighted by atomic mass is 10.2. The highest BCUT2D eigenvalue weighted by Gasteiger charge is 2.00. The van der Waals surface area contributed by atoms with Gasteiger partial charge in [-0.2, -0.15) is 0 Å². The third-order valence-electron chi connectivity index (χ3n) is 1.86. The average Bonchev–Trinajstić information content (AvgIpc) is 2.71. The van der Waals surface area contributed by atoms with Gasteiger partial charge in [-0.1, -0.05) is 0 Å². The van der Waals surface area contributed by atoms with E-state index >= 15 is 0 Å². The lowest BCUT2D eigenvalue weighted by Crippen LogP contribution is -2.69. The van der Waals surface area contributed by atoms with Crippen molar-refractivity contribution in [1.82, 2.24) is 4.98 Å². The maximum absolute atomic E-state index is 5.16. The standard InChI is InChI=1S/C10H10N2O/c1-11-9-4-2-8(3-5-9)10-6-12-7-13-10/h2-7H,1,11H2. The predicted molar refractivity (Wildman–Crippen MR) is 48.9 cm³/mol. The van der Waals surface area contributed by atoms with Gasteiger partial charge in [-0.3, -0.25) is 0 Å².